The molecule has 0 bridgehead atoms. The fourth-order valence-electron chi connectivity index (χ4n) is 3.16. The zero-order chi connectivity index (χ0) is 14.0. The molecular weight excluding hydrogens is 246 g/mol. The van der Waals surface area contributed by atoms with Crippen LogP contribution in [0.15, 0.2) is 36.5 Å². The minimum absolute atomic E-state index is 0.0677. The second-order valence-electron chi connectivity index (χ2n) is 6.29. The van der Waals surface area contributed by atoms with Crippen LogP contribution in [-0.4, -0.2) is 42.6 Å². The molecular formula is C17H23N3. The number of nitrogens with zero attached hydrogens (tertiary/aromatic N) is 2. The highest BCUT2D eigenvalue weighted by molar-refractivity contribution is 5.85. The van der Waals surface area contributed by atoms with Gasteiger partial charge in [0.2, 0.25) is 0 Å². The maximum atomic E-state index is 4.70. The van der Waals surface area contributed by atoms with Crippen LogP contribution in [0.2, 0.25) is 0 Å². The molecule has 0 unspecified atom stereocenters. The number of hydrogen-bond donors (Lipinski definition) is 1. The van der Waals surface area contributed by atoms with Gasteiger partial charge in [-0.25, -0.2) is 0 Å². The van der Waals surface area contributed by atoms with Gasteiger partial charge < -0.3 is 5.32 Å². The van der Waals surface area contributed by atoms with E-state index in [1.807, 2.05) is 6.20 Å². The monoisotopic (exact) mass is 269 g/mol. The van der Waals surface area contributed by atoms with E-state index in [0.29, 0.717) is 0 Å². The number of nitrogens with one attached hydrogen (secondary N) is 1. The largest absolute Gasteiger partial charge is 0.314 e. The van der Waals surface area contributed by atoms with Crippen LogP contribution in [0.25, 0.3) is 10.8 Å². The minimum atomic E-state index is 0.0677. The van der Waals surface area contributed by atoms with Gasteiger partial charge in [0.15, 0.2) is 0 Å². The fraction of sp³-hybridized carbons (Fsp3) is 0.471. The van der Waals surface area contributed by atoms with E-state index in [0.717, 1.165) is 32.7 Å². The third-order valence-corrected chi connectivity index (χ3v) is 4.14. The Kier molecular flexibility index (Phi) is 3.72. The molecule has 0 saturated carbocycles. The molecule has 1 saturated heterocycles. The van der Waals surface area contributed by atoms with Crippen LogP contribution in [0.5, 0.6) is 0 Å². The molecule has 0 amide bonds. The number of fused-ring (bicyclic) bond motifs is 1. The summed E-state index contributed by atoms with van der Waals surface area (Å²) in [6.45, 7) is 10.1. The lowest BCUT2D eigenvalue weighted by molar-refractivity contribution is 0.198. The maximum absolute atomic E-state index is 4.70. The number of hydrogen-bond acceptors (Lipinski definition) is 3. The van der Waals surface area contributed by atoms with E-state index in [2.05, 4.69) is 54.4 Å². The first-order chi connectivity index (χ1) is 9.67. The average Bonchev–Trinajstić information content (AvgIpc) is 2.47. The normalized spacial score (nSPS) is 17.5. The molecule has 1 aliphatic rings. The van der Waals surface area contributed by atoms with Crippen molar-refractivity contribution in [2.45, 2.75) is 19.3 Å². The van der Waals surface area contributed by atoms with Crippen molar-refractivity contribution in [3.8, 4) is 0 Å². The lowest BCUT2D eigenvalue weighted by Crippen LogP contribution is -2.48. The molecule has 1 N–H and O–H groups in total. The molecule has 0 radical (unpaired) electrons. The molecule has 1 aromatic carbocycles. The molecule has 3 nitrogen and oxygen atoms in total. The summed E-state index contributed by atoms with van der Waals surface area (Å²) < 4.78 is 0. The molecule has 0 aliphatic carbocycles. The SMILES string of the molecule is CC(C)(CN1CCNCC1)c1nccc2ccccc12. The summed E-state index contributed by atoms with van der Waals surface area (Å²) in [5, 5.41) is 5.98. The number of pyridine rings is 1. The number of piperazine rings is 1. The van der Waals surface area contributed by atoms with Gasteiger partial charge in [-0.05, 0) is 11.5 Å². The number of benzene rings is 1. The van der Waals surface area contributed by atoms with E-state index in [9.17, 15) is 0 Å². The quantitative estimate of drug-likeness (QED) is 0.927. The fourth-order valence-corrected chi connectivity index (χ4v) is 3.16. The Morgan fingerprint density at radius 3 is 2.70 bits per heavy atom. The summed E-state index contributed by atoms with van der Waals surface area (Å²) >= 11 is 0. The van der Waals surface area contributed by atoms with Crippen molar-refractivity contribution in [2.24, 2.45) is 0 Å². The van der Waals surface area contributed by atoms with Gasteiger partial charge in [-0.1, -0.05) is 38.1 Å². The molecule has 1 aliphatic heterocycles. The number of aromatic nitrogens is 1. The van der Waals surface area contributed by atoms with Gasteiger partial charge in [0.25, 0.3) is 0 Å². The van der Waals surface area contributed by atoms with Crippen molar-refractivity contribution in [1.82, 2.24) is 15.2 Å². The first kappa shape index (κ1) is 13.5. The second kappa shape index (κ2) is 5.51. The van der Waals surface area contributed by atoms with E-state index in [1.165, 1.54) is 16.5 Å². The van der Waals surface area contributed by atoms with Gasteiger partial charge in [-0.2, -0.15) is 0 Å². The molecule has 3 rings (SSSR count). The third-order valence-electron chi connectivity index (χ3n) is 4.14. The van der Waals surface area contributed by atoms with E-state index < -0.39 is 0 Å². The molecule has 2 aromatic rings. The summed E-state index contributed by atoms with van der Waals surface area (Å²) in [4.78, 5) is 7.24. The van der Waals surface area contributed by atoms with Crippen molar-refractivity contribution in [2.75, 3.05) is 32.7 Å². The van der Waals surface area contributed by atoms with E-state index in [-0.39, 0.29) is 5.41 Å². The van der Waals surface area contributed by atoms with Gasteiger partial charge in [0.1, 0.15) is 0 Å². The van der Waals surface area contributed by atoms with Crippen molar-refractivity contribution in [3.63, 3.8) is 0 Å². The van der Waals surface area contributed by atoms with Gasteiger partial charge in [-0.15, -0.1) is 0 Å². The molecule has 0 spiro atoms. The summed E-state index contributed by atoms with van der Waals surface area (Å²) in [7, 11) is 0. The van der Waals surface area contributed by atoms with E-state index in [1.54, 1.807) is 0 Å². The third kappa shape index (κ3) is 2.69. The van der Waals surface area contributed by atoms with Crippen molar-refractivity contribution in [1.29, 1.82) is 0 Å². The Hall–Kier alpha value is -1.45. The zero-order valence-electron chi connectivity index (χ0n) is 12.4. The molecule has 1 fully saturated rings. The number of rotatable bonds is 3. The highest BCUT2D eigenvalue weighted by Gasteiger charge is 2.27. The molecule has 1 aromatic heterocycles. The molecule has 0 atom stereocenters. The highest BCUT2D eigenvalue weighted by Crippen LogP contribution is 2.29. The smallest absolute Gasteiger partial charge is 0.0550 e. The van der Waals surface area contributed by atoms with Crippen LogP contribution in [0.4, 0.5) is 0 Å². The van der Waals surface area contributed by atoms with Crippen molar-refractivity contribution < 1.29 is 0 Å². The summed E-state index contributed by atoms with van der Waals surface area (Å²) in [6.07, 6.45) is 1.94. The molecule has 2 heterocycles. The Labute approximate surface area is 121 Å². The standard InChI is InChI=1S/C17H23N3/c1-17(2,13-20-11-9-18-10-12-20)16-15-6-4-3-5-14(15)7-8-19-16/h3-8,18H,9-13H2,1-2H3. The molecule has 106 valence electrons. The van der Waals surface area contributed by atoms with E-state index >= 15 is 0 Å². The summed E-state index contributed by atoms with van der Waals surface area (Å²) in [5.41, 5.74) is 1.28. The lowest BCUT2D eigenvalue weighted by atomic mass is 9.85. The predicted molar refractivity (Wildman–Crippen MR) is 84.1 cm³/mol. The Balaban J connectivity index is 1.91. The van der Waals surface area contributed by atoms with Crippen LogP contribution >= 0.6 is 0 Å². The predicted octanol–water partition coefficient (Wildman–Crippen LogP) is 2.42. The first-order valence-electron chi connectivity index (χ1n) is 7.44. The van der Waals surface area contributed by atoms with Gasteiger partial charge >= 0.3 is 0 Å². The van der Waals surface area contributed by atoms with Crippen molar-refractivity contribution in [3.05, 3.63) is 42.2 Å². The Morgan fingerprint density at radius 2 is 1.90 bits per heavy atom. The average molecular weight is 269 g/mol. The summed E-state index contributed by atoms with van der Waals surface area (Å²) in [6, 6.07) is 10.7. The minimum Gasteiger partial charge on any atom is -0.314 e. The Morgan fingerprint density at radius 1 is 1.15 bits per heavy atom. The van der Waals surface area contributed by atoms with Gasteiger partial charge in [0.05, 0.1) is 5.69 Å². The Bertz CT molecular complexity index is 580. The van der Waals surface area contributed by atoms with Crippen LogP contribution in [-0.2, 0) is 5.41 Å². The topological polar surface area (TPSA) is 28.2 Å². The zero-order valence-corrected chi connectivity index (χ0v) is 12.4. The molecule has 3 heteroatoms. The van der Waals surface area contributed by atoms with Crippen LogP contribution in [0, 0.1) is 0 Å². The maximum Gasteiger partial charge on any atom is 0.0550 e. The van der Waals surface area contributed by atoms with Crippen LogP contribution < -0.4 is 5.32 Å². The summed E-state index contributed by atoms with van der Waals surface area (Å²) in [5.74, 6) is 0. The first-order valence-corrected chi connectivity index (χ1v) is 7.44. The van der Waals surface area contributed by atoms with Crippen LogP contribution in [0.3, 0.4) is 0 Å². The molecule has 20 heavy (non-hydrogen) atoms. The van der Waals surface area contributed by atoms with Crippen molar-refractivity contribution >= 4 is 10.8 Å². The highest BCUT2D eigenvalue weighted by atomic mass is 15.2. The second-order valence-corrected chi connectivity index (χ2v) is 6.29. The lowest BCUT2D eigenvalue weighted by Gasteiger charge is -2.35. The van der Waals surface area contributed by atoms with Gasteiger partial charge in [0, 0.05) is 49.7 Å². The van der Waals surface area contributed by atoms with Gasteiger partial charge in [-0.3, -0.25) is 9.88 Å². The van der Waals surface area contributed by atoms with E-state index in [4.69, 9.17) is 4.98 Å². The van der Waals surface area contributed by atoms with Crippen LogP contribution in [0.1, 0.15) is 19.5 Å².